The van der Waals surface area contributed by atoms with Gasteiger partial charge in [-0.15, -0.1) is 0 Å². The number of hydrogen-bond donors (Lipinski definition) is 3. The van der Waals surface area contributed by atoms with E-state index in [2.05, 4.69) is 45.0 Å². The first-order valence-electron chi connectivity index (χ1n) is 8.54. The minimum Gasteiger partial charge on any atom is -0.324 e. The van der Waals surface area contributed by atoms with Crippen LogP contribution < -0.4 is 15.8 Å². The van der Waals surface area contributed by atoms with Crippen LogP contribution in [0.3, 0.4) is 0 Å². The maximum atomic E-state index is 12.1. The normalized spacial score (nSPS) is 16.5. The first kappa shape index (κ1) is 18.4. The number of hydrogen-bond acceptors (Lipinski definition) is 2. The van der Waals surface area contributed by atoms with Crippen LogP contribution in [0.25, 0.3) is 5.57 Å². The zero-order chi connectivity index (χ0) is 18.4. The van der Waals surface area contributed by atoms with Gasteiger partial charge in [0.15, 0.2) is 6.54 Å². The number of hydrazine groups is 1. The Morgan fingerprint density at radius 2 is 1.73 bits per heavy atom. The molecule has 0 aliphatic carbocycles. The largest absolute Gasteiger partial charge is 0.324 e. The van der Waals surface area contributed by atoms with Crippen LogP contribution in [0.5, 0.6) is 0 Å². The van der Waals surface area contributed by atoms with Gasteiger partial charge in [0.25, 0.3) is 11.8 Å². The van der Waals surface area contributed by atoms with Crippen molar-refractivity contribution < 1.29 is 14.5 Å². The molecule has 5 nitrogen and oxygen atoms in total. The lowest BCUT2D eigenvalue weighted by atomic mass is 10.00. The van der Waals surface area contributed by atoms with Crippen molar-refractivity contribution in [2.45, 2.75) is 6.42 Å². The van der Waals surface area contributed by atoms with E-state index in [9.17, 15) is 9.59 Å². The average molecular weight is 415 g/mol. The van der Waals surface area contributed by atoms with Gasteiger partial charge in [-0.25, -0.2) is 0 Å². The molecule has 26 heavy (non-hydrogen) atoms. The van der Waals surface area contributed by atoms with Gasteiger partial charge < -0.3 is 4.90 Å². The van der Waals surface area contributed by atoms with Gasteiger partial charge in [0.05, 0.1) is 13.1 Å². The molecule has 0 saturated heterocycles. The molecule has 134 valence electrons. The molecule has 1 atom stereocenters. The molecule has 6 heteroatoms. The molecule has 1 heterocycles. The minimum atomic E-state index is -0.328. The Labute approximate surface area is 161 Å². The Morgan fingerprint density at radius 3 is 2.38 bits per heavy atom. The monoisotopic (exact) mass is 414 g/mol. The lowest BCUT2D eigenvalue weighted by Crippen LogP contribution is -3.13. The van der Waals surface area contributed by atoms with Crippen molar-refractivity contribution >= 4 is 33.3 Å². The van der Waals surface area contributed by atoms with Crippen LogP contribution in [-0.4, -0.2) is 31.4 Å². The van der Waals surface area contributed by atoms with Gasteiger partial charge in [-0.2, -0.15) is 0 Å². The Bertz CT molecular complexity index is 804. The van der Waals surface area contributed by atoms with Crippen LogP contribution in [0, 0.1) is 0 Å². The van der Waals surface area contributed by atoms with E-state index in [-0.39, 0.29) is 11.8 Å². The third-order valence-electron chi connectivity index (χ3n) is 4.36. The van der Waals surface area contributed by atoms with Crippen LogP contribution in [0.4, 0.5) is 0 Å². The summed E-state index contributed by atoms with van der Waals surface area (Å²) in [5.74, 6) is -0.521. The fourth-order valence-electron chi connectivity index (χ4n) is 2.93. The molecule has 0 saturated carbocycles. The fraction of sp³-hybridized carbons (Fsp3) is 0.200. The summed E-state index contributed by atoms with van der Waals surface area (Å²) < 4.78 is 0.898. The Hall–Kier alpha value is -2.44. The topological polar surface area (TPSA) is 62.6 Å². The Morgan fingerprint density at radius 1 is 1.00 bits per heavy atom. The van der Waals surface area contributed by atoms with Crippen molar-refractivity contribution in [2.24, 2.45) is 0 Å². The molecule has 0 fully saturated rings. The summed E-state index contributed by atoms with van der Waals surface area (Å²) in [6.45, 7) is 2.03. The lowest BCUT2D eigenvalue weighted by molar-refractivity contribution is -0.886. The zero-order valence-corrected chi connectivity index (χ0v) is 15.9. The van der Waals surface area contributed by atoms with E-state index in [1.807, 2.05) is 18.2 Å². The first-order chi connectivity index (χ1) is 12.6. The second-order valence-electron chi connectivity index (χ2n) is 6.24. The standard InChI is InChI=1S/C20H20BrN3O2/c21-18-8-6-17(7-9-18)20(26)23-22-19(25)14-24-12-10-16(11-13-24)15-4-2-1-3-5-15/h1-10H,11-14H2,(H,22,25)(H,23,26)/p+1. The van der Waals surface area contributed by atoms with E-state index < -0.39 is 0 Å². The zero-order valence-electron chi connectivity index (χ0n) is 14.3. The number of nitrogens with one attached hydrogen (secondary N) is 3. The second-order valence-corrected chi connectivity index (χ2v) is 7.15. The van der Waals surface area contributed by atoms with Gasteiger partial charge in [-0.3, -0.25) is 20.4 Å². The molecule has 2 aromatic carbocycles. The van der Waals surface area contributed by atoms with Crippen molar-refractivity contribution in [2.75, 3.05) is 19.6 Å². The minimum absolute atomic E-state index is 0.193. The smallest absolute Gasteiger partial charge is 0.293 e. The van der Waals surface area contributed by atoms with Crippen molar-refractivity contribution in [3.63, 3.8) is 0 Å². The summed E-state index contributed by atoms with van der Waals surface area (Å²) in [6.07, 6.45) is 3.14. The molecule has 3 rings (SSSR count). The van der Waals surface area contributed by atoms with E-state index in [1.54, 1.807) is 24.3 Å². The summed E-state index contributed by atoms with van der Waals surface area (Å²) in [6, 6.07) is 17.3. The van der Waals surface area contributed by atoms with Crippen LogP contribution in [0.2, 0.25) is 0 Å². The maximum Gasteiger partial charge on any atom is 0.293 e. The fourth-order valence-corrected chi connectivity index (χ4v) is 3.19. The van der Waals surface area contributed by atoms with Crippen LogP contribution in [0.1, 0.15) is 22.3 Å². The Balaban J connectivity index is 1.45. The number of amides is 2. The first-order valence-corrected chi connectivity index (χ1v) is 9.34. The van der Waals surface area contributed by atoms with Gasteiger partial charge in [0, 0.05) is 16.5 Å². The van der Waals surface area contributed by atoms with Gasteiger partial charge >= 0.3 is 0 Å². The van der Waals surface area contributed by atoms with E-state index in [0.29, 0.717) is 12.1 Å². The van der Waals surface area contributed by atoms with Crippen LogP contribution >= 0.6 is 15.9 Å². The third-order valence-corrected chi connectivity index (χ3v) is 4.89. The molecule has 1 unspecified atom stereocenters. The van der Waals surface area contributed by atoms with Gasteiger partial charge in [0.2, 0.25) is 0 Å². The molecule has 0 spiro atoms. The maximum absolute atomic E-state index is 12.1. The highest BCUT2D eigenvalue weighted by Crippen LogP contribution is 2.17. The number of carbonyl (C=O) groups excluding carboxylic acids is 2. The van der Waals surface area contributed by atoms with E-state index >= 15 is 0 Å². The molecule has 2 aromatic rings. The molecule has 0 aromatic heterocycles. The summed E-state index contributed by atoms with van der Waals surface area (Å²) in [4.78, 5) is 25.3. The van der Waals surface area contributed by atoms with Gasteiger partial charge in [0.1, 0.15) is 0 Å². The number of halogens is 1. The number of rotatable bonds is 4. The lowest BCUT2D eigenvalue weighted by Gasteiger charge is -2.23. The second kappa shape index (κ2) is 8.78. The van der Waals surface area contributed by atoms with E-state index in [0.717, 1.165) is 24.0 Å². The van der Waals surface area contributed by atoms with E-state index in [1.165, 1.54) is 16.0 Å². The predicted octanol–water partition coefficient (Wildman–Crippen LogP) is 1.58. The predicted molar refractivity (Wildman–Crippen MR) is 104 cm³/mol. The summed E-state index contributed by atoms with van der Waals surface area (Å²) >= 11 is 3.32. The third kappa shape index (κ3) is 5.03. The molecular formula is C20H21BrN3O2+. The van der Waals surface area contributed by atoms with E-state index in [4.69, 9.17) is 0 Å². The highest BCUT2D eigenvalue weighted by Gasteiger charge is 2.19. The number of benzene rings is 2. The van der Waals surface area contributed by atoms with Crippen LogP contribution in [-0.2, 0) is 4.79 Å². The number of carbonyl (C=O) groups is 2. The van der Waals surface area contributed by atoms with Gasteiger partial charge in [-0.1, -0.05) is 46.3 Å². The van der Waals surface area contributed by atoms with Crippen molar-refractivity contribution in [3.05, 3.63) is 76.3 Å². The van der Waals surface area contributed by atoms with Crippen molar-refractivity contribution in [1.82, 2.24) is 10.9 Å². The average Bonchev–Trinajstić information content (AvgIpc) is 2.68. The SMILES string of the molecule is O=C(C[NH+]1CC=C(c2ccccc2)CC1)NNC(=O)c1ccc(Br)cc1. The molecular weight excluding hydrogens is 394 g/mol. The van der Waals surface area contributed by atoms with Crippen LogP contribution in [0.15, 0.2) is 65.1 Å². The summed E-state index contributed by atoms with van der Waals surface area (Å²) in [5, 5.41) is 0. The highest BCUT2D eigenvalue weighted by atomic mass is 79.9. The Kier molecular flexibility index (Phi) is 6.20. The molecule has 1 aliphatic rings. The van der Waals surface area contributed by atoms with Gasteiger partial charge in [-0.05, 0) is 41.5 Å². The highest BCUT2D eigenvalue weighted by molar-refractivity contribution is 9.10. The van der Waals surface area contributed by atoms with Crippen molar-refractivity contribution in [1.29, 1.82) is 0 Å². The molecule has 2 amide bonds. The molecule has 3 N–H and O–H groups in total. The summed E-state index contributed by atoms with van der Waals surface area (Å²) in [5.41, 5.74) is 8.03. The molecule has 1 aliphatic heterocycles. The summed E-state index contributed by atoms with van der Waals surface area (Å²) in [7, 11) is 0. The number of quaternary nitrogens is 1. The quantitative estimate of drug-likeness (QED) is 0.665. The molecule has 0 bridgehead atoms. The van der Waals surface area contributed by atoms with Crippen molar-refractivity contribution in [3.8, 4) is 0 Å². The molecule has 0 radical (unpaired) electrons.